The monoisotopic (exact) mass is 304 g/mol. The van der Waals surface area contributed by atoms with Crippen LogP contribution in [0.3, 0.4) is 0 Å². The predicted octanol–water partition coefficient (Wildman–Crippen LogP) is 2.67. The van der Waals surface area contributed by atoms with E-state index in [0.717, 1.165) is 30.8 Å². The summed E-state index contributed by atoms with van der Waals surface area (Å²) in [6, 6.07) is 7.28. The largest absolute Gasteiger partial charge is 0.494 e. The standard InChI is InChI=1S/C17H24N2O3/c1-3-5-10-19-12-13(11-16(19)20)17(21)18-14-6-8-15(9-7-14)22-4-2/h6-9,13H,3-5,10-12H2,1-2H3,(H,18,21)/t13-/m1/s1. The Balaban J connectivity index is 1.88. The van der Waals surface area contributed by atoms with Crippen molar-refractivity contribution in [3.05, 3.63) is 24.3 Å². The van der Waals surface area contributed by atoms with Crippen LogP contribution in [0.25, 0.3) is 0 Å². The number of anilines is 1. The first-order valence-corrected chi connectivity index (χ1v) is 7.95. The molecule has 0 saturated carbocycles. The molecule has 1 aromatic rings. The lowest BCUT2D eigenvalue weighted by molar-refractivity contribution is -0.128. The van der Waals surface area contributed by atoms with E-state index in [4.69, 9.17) is 4.74 Å². The Morgan fingerprint density at radius 1 is 1.32 bits per heavy atom. The molecule has 0 bridgehead atoms. The molecule has 1 fully saturated rings. The first kappa shape index (κ1) is 16.3. The third kappa shape index (κ3) is 4.23. The highest BCUT2D eigenvalue weighted by molar-refractivity contribution is 5.97. The van der Waals surface area contributed by atoms with Crippen LogP contribution in [-0.4, -0.2) is 36.4 Å². The van der Waals surface area contributed by atoms with Crippen LogP contribution in [0.1, 0.15) is 33.1 Å². The summed E-state index contributed by atoms with van der Waals surface area (Å²) >= 11 is 0. The van der Waals surface area contributed by atoms with Gasteiger partial charge in [-0.1, -0.05) is 13.3 Å². The number of nitrogens with one attached hydrogen (secondary N) is 1. The number of benzene rings is 1. The summed E-state index contributed by atoms with van der Waals surface area (Å²) in [5.41, 5.74) is 0.730. The lowest BCUT2D eigenvalue weighted by Crippen LogP contribution is -2.29. The van der Waals surface area contributed by atoms with E-state index < -0.39 is 0 Å². The van der Waals surface area contributed by atoms with Gasteiger partial charge >= 0.3 is 0 Å². The van der Waals surface area contributed by atoms with E-state index in [2.05, 4.69) is 12.2 Å². The first-order valence-electron chi connectivity index (χ1n) is 7.95. The van der Waals surface area contributed by atoms with Gasteiger partial charge in [-0.25, -0.2) is 0 Å². The van der Waals surface area contributed by atoms with E-state index in [9.17, 15) is 9.59 Å². The maximum Gasteiger partial charge on any atom is 0.229 e. The van der Waals surface area contributed by atoms with Crippen molar-refractivity contribution in [3.8, 4) is 5.75 Å². The molecule has 0 aliphatic carbocycles. The van der Waals surface area contributed by atoms with Crippen LogP contribution in [0.5, 0.6) is 5.75 Å². The Labute approximate surface area is 131 Å². The summed E-state index contributed by atoms with van der Waals surface area (Å²) in [6.07, 6.45) is 2.35. The molecule has 5 heteroatoms. The van der Waals surface area contributed by atoms with Crippen molar-refractivity contribution < 1.29 is 14.3 Å². The fourth-order valence-electron chi connectivity index (χ4n) is 2.56. The van der Waals surface area contributed by atoms with Gasteiger partial charge in [-0.05, 0) is 37.6 Å². The predicted molar refractivity (Wildman–Crippen MR) is 85.8 cm³/mol. The fourth-order valence-corrected chi connectivity index (χ4v) is 2.56. The van der Waals surface area contributed by atoms with Gasteiger partial charge in [-0.2, -0.15) is 0 Å². The van der Waals surface area contributed by atoms with Crippen molar-refractivity contribution in [2.75, 3.05) is 25.0 Å². The van der Waals surface area contributed by atoms with Gasteiger partial charge in [-0.3, -0.25) is 9.59 Å². The van der Waals surface area contributed by atoms with Gasteiger partial charge in [-0.15, -0.1) is 0 Å². The van der Waals surface area contributed by atoms with E-state index in [-0.39, 0.29) is 17.7 Å². The lowest BCUT2D eigenvalue weighted by atomic mass is 10.1. The Kier molecular flexibility index (Phi) is 5.81. The van der Waals surface area contributed by atoms with Crippen molar-refractivity contribution in [3.63, 3.8) is 0 Å². The van der Waals surface area contributed by atoms with Gasteiger partial charge in [0.1, 0.15) is 5.75 Å². The highest BCUT2D eigenvalue weighted by Crippen LogP contribution is 2.21. The van der Waals surface area contributed by atoms with Crippen molar-refractivity contribution in [2.24, 2.45) is 5.92 Å². The van der Waals surface area contributed by atoms with Crippen LogP contribution in [0, 0.1) is 5.92 Å². The van der Waals surface area contributed by atoms with Crippen molar-refractivity contribution in [2.45, 2.75) is 33.1 Å². The van der Waals surface area contributed by atoms with Gasteiger partial charge in [0.15, 0.2) is 0 Å². The van der Waals surface area contributed by atoms with Gasteiger partial charge in [0.05, 0.1) is 12.5 Å². The molecule has 2 amide bonds. The molecule has 1 N–H and O–H groups in total. The molecule has 1 aliphatic heterocycles. The number of carbonyl (C=O) groups excluding carboxylic acids is 2. The molecule has 1 atom stereocenters. The van der Waals surface area contributed by atoms with E-state index in [0.29, 0.717) is 19.6 Å². The van der Waals surface area contributed by atoms with E-state index in [1.165, 1.54) is 0 Å². The van der Waals surface area contributed by atoms with Crippen molar-refractivity contribution in [1.82, 2.24) is 4.90 Å². The maximum absolute atomic E-state index is 12.3. The zero-order valence-corrected chi connectivity index (χ0v) is 13.3. The van der Waals surface area contributed by atoms with Crippen LogP contribution < -0.4 is 10.1 Å². The van der Waals surface area contributed by atoms with Gasteiger partial charge in [0, 0.05) is 25.2 Å². The van der Waals surface area contributed by atoms with Crippen LogP contribution in [-0.2, 0) is 9.59 Å². The molecule has 0 spiro atoms. The molecule has 1 aromatic carbocycles. The quantitative estimate of drug-likeness (QED) is 0.842. The summed E-state index contributed by atoms with van der Waals surface area (Å²) < 4.78 is 5.37. The molecule has 0 aromatic heterocycles. The molecule has 22 heavy (non-hydrogen) atoms. The van der Waals surface area contributed by atoms with E-state index >= 15 is 0 Å². The number of nitrogens with zero attached hydrogens (tertiary/aromatic N) is 1. The van der Waals surface area contributed by atoms with Gasteiger partial charge < -0.3 is 15.0 Å². The maximum atomic E-state index is 12.3. The highest BCUT2D eigenvalue weighted by atomic mass is 16.5. The summed E-state index contributed by atoms with van der Waals surface area (Å²) in [4.78, 5) is 26.0. The number of likely N-dealkylation sites (tertiary alicyclic amines) is 1. The SMILES string of the molecule is CCCCN1C[C@H](C(=O)Nc2ccc(OCC)cc2)CC1=O. The molecular formula is C17H24N2O3. The van der Waals surface area contributed by atoms with Gasteiger partial charge in [0.25, 0.3) is 0 Å². The van der Waals surface area contributed by atoms with Gasteiger partial charge in [0.2, 0.25) is 11.8 Å². The molecule has 0 unspecified atom stereocenters. The Hall–Kier alpha value is -2.04. The Morgan fingerprint density at radius 2 is 2.05 bits per heavy atom. The van der Waals surface area contributed by atoms with Crippen LogP contribution in [0.2, 0.25) is 0 Å². The highest BCUT2D eigenvalue weighted by Gasteiger charge is 2.33. The molecule has 120 valence electrons. The number of amides is 2. The summed E-state index contributed by atoms with van der Waals surface area (Å²) in [5.74, 6) is 0.523. The van der Waals surface area contributed by atoms with Crippen LogP contribution in [0.4, 0.5) is 5.69 Å². The Morgan fingerprint density at radius 3 is 2.68 bits per heavy atom. The third-order valence-corrected chi connectivity index (χ3v) is 3.80. The van der Waals surface area contributed by atoms with Crippen molar-refractivity contribution >= 4 is 17.5 Å². The summed E-state index contributed by atoms with van der Waals surface area (Å²) in [6.45, 7) is 5.92. The van der Waals surface area contributed by atoms with Crippen LogP contribution in [0.15, 0.2) is 24.3 Å². The summed E-state index contributed by atoms with van der Waals surface area (Å²) in [5, 5.41) is 2.88. The zero-order chi connectivity index (χ0) is 15.9. The third-order valence-electron chi connectivity index (χ3n) is 3.80. The molecular weight excluding hydrogens is 280 g/mol. The second kappa shape index (κ2) is 7.82. The minimum Gasteiger partial charge on any atom is -0.494 e. The molecule has 5 nitrogen and oxygen atoms in total. The molecule has 1 saturated heterocycles. The molecule has 1 heterocycles. The Bertz CT molecular complexity index is 513. The minimum absolute atomic E-state index is 0.0836. The number of unbranched alkanes of at least 4 members (excludes halogenated alkanes) is 1. The van der Waals surface area contributed by atoms with Crippen LogP contribution >= 0.6 is 0 Å². The average Bonchev–Trinajstić information content (AvgIpc) is 2.88. The number of rotatable bonds is 7. The zero-order valence-electron chi connectivity index (χ0n) is 13.3. The fraction of sp³-hybridized carbons (Fsp3) is 0.529. The lowest BCUT2D eigenvalue weighted by Gasteiger charge is -2.16. The first-order chi connectivity index (χ1) is 10.6. The smallest absolute Gasteiger partial charge is 0.229 e. The molecule has 0 radical (unpaired) electrons. The van der Waals surface area contributed by atoms with Crippen molar-refractivity contribution in [1.29, 1.82) is 0 Å². The second-order valence-corrected chi connectivity index (χ2v) is 5.54. The number of hydrogen-bond donors (Lipinski definition) is 1. The molecule has 2 rings (SSSR count). The molecule has 1 aliphatic rings. The summed E-state index contributed by atoms with van der Waals surface area (Å²) in [7, 11) is 0. The van der Waals surface area contributed by atoms with E-state index in [1.807, 2.05) is 31.2 Å². The average molecular weight is 304 g/mol. The normalized spacial score (nSPS) is 17.6. The topological polar surface area (TPSA) is 58.6 Å². The number of ether oxygens (including phenoxy) is 1. The minimum atomic E-state index is -0.254. The number of hydrogen-bond acceptors (Lipinski definition) is 3. The van der Waals surface area contributed by atoms with E-state index in [1.54, 1.807) is 4.90 Å². The number of carbonyl (C=O) groups is 2. The second-order valence-electron chi connectivity index (χ2n) is 5.54.